The number of hydrogen-bond acceptors (Lipinski definition) is 3. The molecule has 1 fully saturated rings. The minimum Gasteiger partial charge on any atom is -0.352 e. The summed E-state index contributed by atoms with van der Waals surface area (Å²) in [5.74, 6) is 0.831. The molecule has 0 bridgehead atoms. The highest BCUT2D eigenvalue weighted by atomic mass is 127. The van der Waals surface area contributed by atoms with Crippen molar-refractivity contribution >= 4 is 41.8 Å². The number of carbonyl (C=O) groups is 2. The highest BCUT2D eigenvalue weighted by Gasteiger charge is 2.27. The maximum atomic E-state index is 12.4. The minimum atomic E-state index is -0.274. The van der Waals surface area contributed by atoms with Gasteiger partial charge >= 0.3 is 0 Å². The van der Waals surface area contributed by atoms with E-state index in [2.05, 4.69) is 20.9 Å². The van der Waals surface area contributed by atoms with Gasteiger partial charge in [0.1, 0.15) is 0 Å². The van der Waals surface area contributed by atoms with Gasteiger partial charge in [-0.15, -0.1) is 24.0 Å². The summed E-state index contributed by atoms with van der Waals surface area (Å²) in [5, 5.41) is 9.67. The summed E-state index contributed by atoms with van der Waals surface area (Å²) in [6.45, 7) is 11.8. The number of nitrogens with zero attached hydrogens (tertiary/aromatic N) is 2. The van der Waals surface area contributed by atoms with Gasteiger partial charge in [-0.05, 0) is 44.9 Å². The molecule has 0 saturated carbocycles. The number of nitrogens with one attached hydrogen (secondary N) is 3. The van der Waals surface area contributed by atoms with Gasteiger partial charge in [0.05, 0.1) is 0 Å². The van der Waals surface area contributed by atoms with Crippen LogP contribution in [-0.2, 0) is 11.3 Å². The van der Waals surface area contributed by atoms with E-state index in [1.807, 2.05) is 63.8 Å². The van der Waals surface area contributed by atoms with Gasteiger partial charge < -0.3 is 20.9 Å². The summed E-state index contributed by atoms with van der Waals surface area (Å²) >= 11 is 0. The molecule has 2 amide bonds. The lowest BCUT2D eigenvalue weighted by Crippen LogP contribution is -2.45. The molecular weight excluding hydrogens is 493 g/mol. The van der Waals surface area contributed by atoms with Gasteiger partial charge in [-0.2, -0.15) is 0 Å². The lowest BCUT2D eigenvalue weighted by atomic mass is 10.1. The molecule has 1 heterocycles. The Balaban J connectivity index is 0.00000450. The maximum absolute atomic E-state index is 12.4. The van der Waals surface area contributed by atoms with Crippen molar-refractivity contribution in [2.45, 2.75) is 59.2 Å². The average Bonchev–Trinajstić information content (AvgIpc) is 3.11. The Morgan fingerprint density at radius 2 is 1.97 bits per heavy atom. The number of rotatable bonds is 5. The Labute approximate surface area is 197 Å². The van der Waals surface area contributed by atoms with Crippen LogP contribution < -0.4 is 16.0 Å². The zero-order valence-electron chi connectivity index (χ0n) is 18.9. The molecule has 1 aromatic rings. The van der Waals surface area contributed by atoms with Crippen LogP contribution in [0.25, 0.3) is 0 Å². The molecule has 1 atom stereocenters. The van der Waals surface area contributed by atoms with Gasteiger partial charge in [-0.25, -0.2) is 0 Å². The highest BCUT2D eigenvalue weighted by molar-refractivity contribution is 14.0. The van der Waals surface area contributed by atoms with Crippen LogP contribution in [0.2, 0.25) is 0 Å². The van der Waals surface area contributed by atoms with Gasteiger partial charge in [0.2, 0.25) is 5.91 Å². The number of guanidine groups is 1. The number of aliphatic imine (C=N–C) groups is 1. The zero-order valence-corrected chi connectivity index (χ0v) is 21.2. The second-order valence-electron chi connectivity index (χ2n) is 8.90. The molecule has 0 radical (unpaired) electrons. The van der Waals surface area contributed by atoms with Crippen LogP contribution in [0.15, 0.2) is 29.3 Å². The molecule has 0 aliphatic carbocycles. The van der Waals surface area contributed by atoms with E-state index in [9.17, 15) is 9.59 Å². The molecule has 2 rings (SSSR count). The molecule has 1 aliphatic heterocycles. The first kappa shape index (κ1) is 26.2. The molecule has 7 nitrogen and oxygen atoms in total. The van der Waals surface area contributed by atoms with Gasteiger partial charge in [0.25, 0.3) is 5.91 Å². The summed E-state index contributed by atoms with van der Waals surface area (Å²) in [5.41, 5.74) is 1.36. The molecule has 30 heavy (non-hydrogen) atoms. The lowest BCUT2D eigenvalue weighted by molar-refractivity contribution is -0.133. The average molecular weight is 529 g/mol. The van der Waals surface area contributed by atoms with E-state index in [-0.39, 0.29) is 53.3 Å². The number of amides is 2. The van der Waals surface area contributed by atoms with Gasteiger partial charge in [-0.1, -0.05) is 26.0 Å². The standard InChI is InChI=1S/C22H35N5O2.HI/c1-15(2)20(29)27-11-10-18(14-27)25-21(23-6)24-13-16-8-7-9-17(12-16)19(28)26-22(3,4)5;/h7-9,12,15,18H,10-11,13-14H2,1-6H3,(H,26,28)(H2,23,24,25);1H. The number of likely N-dealkylation sites (tertiary alicyclic amines) is 1. The first-order chi connectivity index (χ1) is 13.6. The van der Waals surface area contributed by atoms with E-state index in [0.29, 0.717) is 24.6 Å². The summed E-state index contributed by atoms with van der Waals surface area (Å²) < 4.78 is 0. The number of carbonyl (C=O) groups excluding carboxylic acids is 2. The predicted molar refractivity (Wildman–Crippen MR) is 132 cm³/mol. The third-order valence-corrected chi connectivity index (χ3v) is 4.70. The normalized spacial score (nSPS) is 16.8. The lowest BCUT2D eigenvalue weighted by Gasteiger charge is -2.21. The molecule has 1 unspecified atom stereocenters. The highest BCUT2D eigenvalue weighted by Crippen LogP contribution is 2.13. The van der Waals surface area contributed by atoms with Crippen LogP contribution in [0.4, 0.5) is 0 Å². The van der Waals surface area contributed by atoms with Crippen LogP contribution in [0.1, 0.15) is 57.0 Å². The van der Waals surface area contributed by atoms with E-state index < -0.39 is 0 Å². The zero-order chi connectivity index (χ0) is 21.6. The Bertz CT molecular complexity index is 758. The van der Waals surface area contributed by atoms with Crippen LogP contribution >= 0.6 is 24.0 Å². The first-order valence-corrected chi connectivity index (χ1v) is 10.3. The fourth-order valence-corrected chi connectivity index (χ4v) is 3.25. The third kappa shape index (κ3) is 8.12. The number of benzene rings is 1. The van der Waals surface area contributed by atoms with Gasteiger partial charge in [0, 0.05) is 49.7 Å². The molecule has 168 valence electrons. The molecule has 0 aromatic heterocycles. The maximum Gasteiger partial charge on any atom is 0.251 e. The van der Waals surface area contributed by atoms with Crippen molar-refractivity contribution in [2.24, 2.45) is 10.9 Å². The van der Waals surface area contributed by atoms with Crippen molar-refractivity contribution in [3.05, 3.63) is 35.4 Å². The smallest absolute Gasteiger partial charge is 0.251 e. The van der Waals surface area contributed by atoms with E-state index in [0.717, 1.165) is 18.5 Å². The largest absolute Gasteiger partial charge is 0.352 e. The molecule has 8 heteroatoms. The van der Waals surface area contributed by atoms with Crippen molar-refractivity contribution < 1.29 is 9.59 Å². The van der Waals surface area contributed by atoms with E-state index in [4.69, 9.17) is 0 Å². The predicted octanol–water partition coefficient (Wildman–Crippen LogP) is 2.75. The molecule has 3 N–H and O–H groups in total. The van der Waals surface area contributed by atoms with Crippen molar-refractivity contribution in [1.29, 1.82) is 0 Å². The van der Waals surface area contributed by atoms with Crippen LogP contribution in [0.3, 0.4) is 0 Å². The van der Waals surface area contributed by atoms with Crippen molar-refractivity contribution in [2.75, 3.05) is 20.1 Å². The molecule has 0 spiro atoms. The molecular formula is C22H36IN5O2. The van der Waals surface area contributed by atoms with Gasteiger partial charge in [-0.3, -0.25) is 14.6 Å². The van der Waals surface area contributed by atoms with Crippen LogP contribution in [0.5, 0.6) is 0 Å². The fourth-order valence-electron chi connectivity index (χ4n) is 3.25. The quantitative estimate of drug-likeness (QED) is 0.311. The second-order valence-corrected chi connectivity index (χ2v) is 8.90. The van der Waals surface area contributed by atoms with Gasteiger partial charge in [0.15, 0.2) is 5.96 Å². The monoisotopic (exact) mass is 529 g/mol. The molecule has 1 aromatic carbocycles. The summed E-state index contributed by atoms with van der Waals surface area (Å²) in [4.78, 5) is 30.7. The Morgan fingerprint density at radius 3 is 2.57 bits per heavy atom. The fraction of sp³-hybridized carbons (Fsp3) is 0.591. The molecule has 1 aliphatic rings. The topological polar surface area (TPSA) is 85.8 Å². The van der Waals surface area contributed by atoms with Crippen molar-refractivity contribution in [3.63, 3.8) is 0 Å². The van der Waals surface area contributed by atoms with E-state index in [1.165, 1.54) is 0 Å². The summed E-state index contributed by atoms with van der Waals surface area (Å²) in [6.07, 6.45) is 0.904. The van der Waals surface area contributed by atoms with Crippen LogP contribution in [0, 0.1) is 5.92 Å². The molecule has 1 saturated heterocycles. The second kappa shape index (κ2) is 11.5. The minimum absolute atomic E-state index is 0. The first-order valence-electron chi connectivity index (χ1n) is 10.3. The number of hydrogen-bond donors (Lipinski definition) is 3. The number of halogens is 1. The SMILES string of the molecule is CN=C(NCc1cccc(C(=O)NC(C)(C)C)c1)NC1CCN(C(=O)C(C)C)C1.I. The van der Waals surface area contributed by atoms with Crippen molar-refractivity contribution in [1.82, 2.24) is 20.9 Å². The summed E-state index contributed by atoms with van der Waals surface area (Å²) in [7, 11) is 1.73. The van der Waals surface area contributed by atoms with E-state index >= 15 is 0 Å². The third-order valence-electron chi connectivity index (χ3n) is 4.70. The van der Waals surface area contributed by atoms with E-state index in [1.54, 1.807) is 7.05 Å². The van der Waals surface area contributed by atoms with Crippen LogP contribution in [-0.4, -0.2) is 54.4 Å². The summed E-state index contributed by atoms with van der Waals surface area (Å²) in [6, 6.07) is 7.76. The Morgan fingerprint density at radius 1 is 1.27 bits per heavy atom. The Kier molecular flexibility index (Phi) is 10.1. The Hall–Kier alpha value is -1.84. The van der Waals surface area contributed by atoms with Crippen molar-refractivity contribution in [3.8, 4) is 0 Å².